The predicted molar refractivity (Wildman–Crippen MR) is 67.8 cm³/mol. The molecule has 0 saturated heterocycles. The Labute approximate surface area is 104 Å². The van der Waals surface area contributed by atoms with Crippen LogP contribution in [0.3, 0.4) is 0 Å². The van der Waals surface area contributed by atoms with Crippen molar-refractivity contribution >= 4 is 17.2 Å². The highest BCUT2D eigenvalue weighted by Crippen LogP contribution is 2.12. The van der Waals surface area contributed by atoms with Gasteiger partial charge in [-0.2, -0.15) is 5.26 Å². The maximum Gasteiger partial charge on any atom is 0.142 e. The van der Waals surface area contributed by atoms with E-state index in [0.29, 0.717) is 18.1 Å². The number of rotatable bonds is 4. The fraction of sp³-hybridized carbons (Fsp3) is 0.250. The van der Waals surface area contributed by atoms with E-state index in [1.54, 1.807) is 17.4 Å². The molecule has 2 heterocycles. The molecular formula is C12H12N4S. The summed E-state index contributed by atoms with van der Waals surface area (Å²) in [5.41, 5.74) is 1.43. The van der Waals surface area contributed by atoms with Crippen molar-refractivity contribution in [3.63, 3.8) is 0 Å². The van der Waals surface area contributed by atoms with Gasteiger partial charge in [0.2, 0.25) is 0 Å². The second-order valence-electron chi connectivity index (χ2n) is 3.46. The highest BCUT2D eigenvalue weighted by Gasteiger charge is 2.01. The number of nitrogens with one attached hydrogen (secondary N) is 1. The van der Waals surface area contributed by atoms with Gasteiger partial charge in [-0.3, -0.25) is 0 Å². The Hall–Kier alpha value is -1.93. The van der Waals surface area contributed by atoms with E-state index in [2.05, 4.69) is 22.2 Å². The summed E-state index contributed by atoms with van der Waals surface area (Å²) in [4.78, 5) is 8.59. The van der Waals surface area contributed by atoms with Gasteiger partial charge in [0.05, 0.1) is 17.2 Å². The van der Waals surface area contributed by atoms with E-state index in [1.165, 1.54) is 0 Å². The number of aryl methyl sites for hydroxylation is 1. The van der Waals surface area contributed by atoms with Crippen LogP contribution < -0.4 is 5.32 Å². The Balaban J connectivity index is 1.99. The number of thiazole rings is 1. The van der Waals surface area contributed by atoms with E-state index in [-0.39, 0.29) is 0 Å². The SMILES string of the molecule is CCc1nc(CNc2cccc(C#N)n2)cs1. The largest absolute Gasteiger partial charge is 0.364 e. The Bertz CT molecular complexity index is 541. The number of hydrogen-bond acceptors (Lipinski definition) is 5. The van der Waals surface area contributed by atoms with Crippen molar-refractivity contribution in [3.05, 3.63) is 40.0 Å². The summed E-state index contributed by atoms with van der Waals surface area (Å²) in [7, 11) is 0. The zero-order valence-electron chi connectivity index (χ0n) is 9.47. The van der Waals surface area contributed by atoms with Crippen LogP contribution in [-0.4, -0.2) is 9.97 Å². The Morgan fingerprint density at radius 1 is 1.41 bits per heavy atom. The topological polar surface area (TPSA) is 61.6 Å². The van der Waals surface area contributed by atoms with Crippen LogP contribution in [0.5, 0.6) is 0 Å². The summed E-state index contributed by atoms with van der Waals surface area (Å²) in [6.45, 7) is 2.73. The highest BCUT2D eigenvalue weighted by molar-refractivity contribution is 7.09. The lowest BCUT2D eigenvalue weighted by Gasteiger charge is -2.02. The molecule has 2 rings (SSSR count). The van der Waals surface area contributed by atoms with Crippen LogP contribution in [0.25, 0.3) is 0 Å². The molecule has 1 N–H and O–H groups in total. The molecule has 86 valence electrons. The van der Waals surface area contributed by atoms with Gasteiger partial charge >= 0.3 is 0 Å². The smallest absolute Gasteiger partial charge is 0.142 e. The van der Waals surface area contributed by atoms with E-state index < -0.39 is 0 Å². The number of nitriles is 1. The van der Waals surface area contributed by atoms with Gasteiger partial charge in [-0.05, 0) is 18.6 Å². The van der Waals surface area contributed by atoms with Crippen LogP contribution in [0.1, 0.15) is 23.3 Å². The fourth-order valence-corrected chi connectivity index (χ4v) is 2.11. The minimum absolute atomic E-state index is 0.419. The van der Waals surface area contributed by atoms with Crippen LogP contribution in [0.15, 0.2) is 23.6 Å². The van der Waals surface area contributed by atoms with Gasteiger partial charge in [-0.1, -0.05) is 13.0 Å². The molecule has 4 nitrogen and oxygen atoms in total. The average Bonchev–Trinajstić information content (AvgIpc) is 2.84. The summed E-state index contributed by atoms with van der Waals surface area (Å²) in [5.74, 6) is 0.704. The first kappa shape index (κ1) is 11.6. The first-order chi connectivity index (χ1) is 8.31. The minimum Gasteiger partial charge on any atom is -0.364 e. The van der Waals surface area contributed by atoms with Gasteiger partial charge in [0.1, 0.15) is 17.6 Å². The molecule has 0 atom stereocenters. The lowest BCUT2D eigenvalue weighted by atomic mass is 10.3. The van der Waals surface area contributed by atoms with Crippen LogP contribution >= 0.6 is 11.3 Å². The van der Waals surface area contributed by atoms with Crippen molar-refractivity contribution in [1.82, 2.24) is 9.97 Å². The van der Waals surface area contributed by atoms with E-state index >= 15 is 0 Å². The molecule has 0 unspecified atom stereocenters. The maximum atomic E-state index is 8.73. The molecule has 0 bridgehead atoms. The van der Waals surface area contributed by atoms with Crippen molar-refractivity contribution in [2.45, 2.75) is 19.9 Å². The highest BCUT2D eigenvalue weighted by atomic mass is 32.1. The van der Waals surface area contributed by atoms with E-state index in [1.807, 2.05) is 23.6 Å². The normalized spacial score (nSPS) is 9.88. The van der Waals surface area contributed by atoms with Crippen LogP contribution in [0, 0.1) is 11.3 Å². The summed E-state index contributed by atoms with van der Waals surface area (Å²) in [6, 6.07) is 7.35. The average molecular weight is 244 g/mol. The number of hydrogen-bond donors (Lipinski definition) is 1. The second kappa shape index (κ2) is 5.41. The first-order valence-electron chi connectivity index (χ1n) is 5.36. The third kappa shape index (κ3) is 3.02. The molecule has 0 spiro atoms. The second-order valence-corrected chi connectivity index (χ2v) is 4.40. The monoisotopic (exact) mass is 244 g/mol. The number of pyridine rings is 1. The molecule has 0 saturated carbocycles. The number of nitrogens with zero attached hydrogens (tertiary/aromatic N) is 3. The van der Waals surface area contributed by atoms with Crippen LogP contribution in [-0.2, 0) is 13.0 Å². The maximum absolute atomic E-state index is 8.73. The molecule has 2 aromatic heterocycles. The third-order valence-electron chi connectivity index (χ3n) is 2.22. The van der Waals surface area contributed by atoms with Gasteiger partial charge < -0.3 is 5.32 Å². The van der Waals surface area contributed by atoms with Crippen molar-refractivity contribution in [3.8, 4) is 6.07 Å². The summed E-state index contributed by atoms with van der Waals surface area (Å²) < 4.78 is 0. The van der Waals surface area contributed by atoms with Gasteiger partial charge in [0, 0.05) is 5.38 Å². The molecule has 2 aromatic rings. The third-order valence-corrected chi connectivity index (χ3v) is 3.26. The molecule has 0 fully saturated rings. The lowest BCUT2D eigenvalue weighted by molar-refractivity contribution is 1.000. The fourth-order valence-electron chi connectivity index (χ4n) is 1.37. The zero-order chi connectivity index (χ0) is 12.1. The van der Waals surface area contributed by atoms with Gasteiger partial charge in [-0.25, -0.2) is 9.97 Å². The van der Waals surface area contributed by atoms with Gasteiger partial charge in [-0.15, -0.1) is 11.3 Å². The van der Waals surface area contributed by atoms with Crippen molar-refractivity contribution in [1.29, 1.82) is 5.26 Å². The molecule has 0 aliphatic carbocycles. The van der Waals surface area contributed by atoms with Crippen molar-refractivity contribution < 1.29 is 0 Å². The Kier molecular flexibility index (Phi) is 3.68. The van der Waals surface area contributed by atoms with E-state index in [4.69, 9.17) is 5.26 Å². The molecule has 0 radical (unpaired) electrons. The molecule has 0 aliphatic heterocycles. The standard InChI is InChI=1S/C12H12N4S/c1-2-12-16-10(8-17-12)7-14-11-5-3-4-9(6-13)15-11/h3-5,8H,2,7H2,1H3,(H,14,15). The Morgan fingerprint density at radius 2 is 2.29 bits per heavy atom. The minimum atomic E-state index is 0.419. The van der Waals surface area contributed by atoms with E-state index in [9.17, 15) is 0 Å². The summed E-state index contributed by atoms with van der Waals surface area (Å²) in [5, 5.41) is 15.1. The van der Waals surface area contributed by atoms with Crippen LogP contribution in [0.2, 0.25) is 0 Å². The van der Waals surface area contributed by atoms with Gasteiger partial charge in [0.15, 0.2) is 0 Å². The molecule has 17 heavy (non-hydrogen) atoms. The van der Waals surface area contributed by atoms with Crippen LogP contribution in [0.4, 0.5) is 5.82 Å². The lowest BCUT2D eigenvalue weighted by Crippen LogP contribution is -2.02. The number of anilines is 1. The first-order valence-corrected chi connectivity index (χ1v) is 6.24. The zero-order valence-corrected chi connectivity index (χ0v) is 10.3. The number of aromatic nitrogens is 2. The molecule has 0 amide bonds. The van der Waals surface area contributed by atoms with Crippen molar-refractivity contribution in [2.24, 2.45) is 0 Å². The molecule has 5 heteroatoms. The molecule has 0 aliphatic rings. The molecular weight excluding hydrogens is 232 g/mol. The van der Waals surface area contributed by atoms with E-state index in [0.717, 1.165) is 17.1 Å². The van der Waals surface area contributed by atoms with Crippen molar-refractivity contribution in [2.75, 3.05) is 5.32 Å². The summed E-state index contributed by atoms with van der Waals surface area (Å²) >= 11 is 1.67. The Morgan fingerprint density at radius 3 is 3.00 bits per heavy atom. The summed E-state index contributed by atoms with van der Waals surface area (Å²) in [6.07, 6.45) is 0.965. The van der Waals surface area contributed by atoms with Gasteiger partial charge in [0.25, 0.3) is 0 Å². The predicted octanol–water partition coefficient (Wildman–Crippen LogP) is 2.58. The molecule has 0 aromatic carbocycles. The quantitative estimate of drug-likeness (QED) is 0.898.